The number of rotatable bonds is 6. The molecular weight excluding hydrogens is 354 g/mol. The monoisotopic (exact) mass is 377 g/mol. The quantitative estimate of drug-likeness (QED) is 0.781. The number of anilines is 1. The molecule has 1 amide bonds. The molecule has 140 valence electrons. The Morgan fingerprint density at radius 2 is 1.85 bits per heavy atom. The molecule has 0 aliphatic heterocycles. The maximum atomic E-state index is 12.0. The van der Waals surface area contributed by atoms with Crippen LogP contribution in [0.3, 0.4) is 0 Å². The van der Waals surface area contributed by atoms with Gasteiger partial charge in [-0.1, -0.05) is 23.7 Å². The minimum atomic E-state index is -0.588. The van der Waals surface area contributed by atoms with Gasteiger partial charge in [0.1, 0.15) is 17.2 Å². The largest absolute Gasteiger partial charge is 0.497 e. The summed E-state index contributed by atoms with van der Waals surface area (Å²) < 4.78 is 10.4. The van der Waals surface area contributed by atoms with Crippen LogP contribution in [0.2, 0.25) is 5.02 Å². The number of hydrogen-bond acceptors (Lipinski definition) is 5. The van der Waals surface area contributed by atoms with Gasteiger partial charge in [0.25, 0.3) is 0 Å². The van der Waals surface area contributed by atoms with Crippen LogP contribution in [-0.2, 0) is 17.8 Å². The van der Waals surface area contributed by atoms with E-state index in [1.165, 1.54) is 0 Å². The summed E-state index contributed by atoms with van der Waals surface area (Å²) in [6.45, 7) is 6.49. The van der Waals surface area contributed by atoms with Gasteiger partial charge >= 0.3 is 6.09 Å². The first kappa shape index (κ1) is 20.0. The van der Waals surface area contributed by atoms with E-state index < -0.39 is 11.7 Å². The summed E-state index contributed by atoms with van der Waals surface area (Å²) in [6, 6.07) is 9.46. The van der Waals surface area contributed by atoms with Crippen molar-refractivity contribution < 1.29 is 14.3 Å². The third kappa shape index (κ3) is 6.20. The van der Waals surface area contributed by atoms with E-state index in [0.717, 1.165) is 11.3 Å². The highest BCUT2D eigenvalue weighted by molar-refractivity contribution is 6.31. The summed E-state index contributed by atoms with van der Waals surface area (Å²) in [5.74, 6) is 1.20. The van der Waals surface area contributed by atoms with Crippen LogP contribution in [-0.4, -0.2) is 23.8 Å². The fourth-order valence-electron chi connectivity index (χ4n) is 2.22. The lowest BCUT2D eigenvalue weighted by molar-refractivity contribution is 0.0635. The standard InChI is InChI=1S/C19H24ClN3O3/c1-19(2,3)26-18(24)23-17-15(16(20)9-10-22-17)12-21-11-13-5-7-14(25-4)8-6-13/h5-10,21H,11-12H2,1-4H3,(H,22,23,24). The average Bonchev–Trinajstić information content (AvgIpc) is 2.56. The smallest absolute Gasteiger partial charge is 0.413 e. The van der Waals surface area contributed by atoms with Crippen LogP contribution in [0.15, 0.2) is 36.5 Å². The number of carbonyl (C=O) groups excluding carboxylic acids is 1. The van der Waals surface area contributed by atoms with Crippen LogP contribution in [0, 0.1) is 0 Å². The third-order valence-electron chi connectivity index (χ3n) is 3.41. The lowest BCUT2D eigenvalue weighted by Gasteiger charge is -2.20. The Morgan fingerprint density at radius 1 is 1.15 bits per heavy atom. The zero-order chi connectivity index (χ0) is 19.2. The van der Waals surface area contributed by atoms with Gasteiger partial charge in [-0.2, -0.15) is 0 Å². The van der Waals surface area contributed by atoms with E-state index in [2.05, 4.69) is 15.6 Å². The van der Waals surface area contributed by atoms with Gasteiger partial charge in [0.05, 0.1) is 12.1 Å². The van der Waals surface area contributed by atoms with E-state index in [1.54, 1.807) is 40.1 Å². The van der Waals surface area contributed by atoms with Crippen LogP contribution in [0.4, 0.5) is 10.6 Å². The molecule has 0 bridgehead atoms. The Labute approximate surface area is 158 Å². The van der Waals surface area contributed by atoms with Crippen molar-refractivity contribution in [2.45, 2.75) is 39.5 Å². The van der Waals surface area contributed by atoms with Gasteiger partial charge in [0.15, 0.2) is 0 Å². The first-order valence-electron chi connectivity index (χ1n) is 8.25. The maximum absolute atomic E-state index is 12.0. The van der Waals surface area contributed by atoms with Gasteiger partial charge in [-0.15, -0.1) is 0 Å². The molecule has 0 saturated carbocycles. The third-order valence-corrected chi connectivity index (χ3v) is 3.76. The summed E-state index contributed by atoms with van der Waals surface area (Å²) in [5, 5.41) is 6.48. The molecule has 26 heavy (non-hydrogen) atoms. The van der Waals surface area contributed by atoms with Crippen LogP contribution < -0.4 is 15.4 Å². The molecule has 1 aromatic heterocycles. The number of nitrogens with one attached hydrogen (secondary N) is 2. The van der Waals surface area contributed by atoms with E-state index in [9.17, 15) is 4.79 Å². The number of carbonyl (C=O) groups is 1. The molecule has 0 aliphatic carbocycles. The van der Waals surface area contributed by atoms with E-state index in [-0.39, 0.29) is 0 Å². The lowest BCUT2D eigenvalue weighted by atomic mass is 10.2. The van der Waals surface area contributed by atoms with Crippen molar-refractivity contribution in [2.75, 3.05) is 12.4 Å². The molecule has 0 aliphatic rings. The Morgan fingerprint density at radius 3 is 2.46 bits per heavy atom. The molecule has 2 aromatic rings. The van der Waals surface area contributed by atoms with E-state index >= 15 is 0 Å². The van der Waals surface area contributed by atoms with Crippen LogP contribution in [0.5, 0.6) is 5.75 Å². The molecule has 0 radical (unpaired) electrons. The van der Waals surface area contributed by atoms with E-state index in [0.29, 0.717) is 29.5 Å². The summed E-state index contributed by atoms with van der Waals surface area (Å²) in [6.07, 6.45) is 0.978. The van der Waals surface area contributed by atoms with Gasteiger partial charge in [-0.3, -0.25) is 5.32 Å². The van der Waals surface area contributed by atoms with E-state index in [1.807, 2.05) is 24.3 Å². The lowest BCUT2D eigenvalue weighted by Crippen LogP contribution is -2.28. The normalized spacial score (nSPS) is 11.1. The Kier molecular flexibility index (Phi) is 6.83. The average molecular weight is 378 g/mol. The molecule has 2 rings (SSSR count). The highest BCUT2D eigenvalue weighted by Crippen LogP contribution is 2.23. The molecule has 0 atom stereocenters. The highest BCUT2D eigenvalue weighted by Gasteiger charge is 2.18. The molecular formula is C19H24ClN3O3. The number of amides is 1. The first-order chi connectivity index (χ1) is 12.3. The fourth-order valence-corrected chi connectivity index (χ4v) is 2.43. The van der Waals surface area contributed by atoms with Gasteiger partial charge in [-0.05, 0) is 44.5 Å². The van der Waals surface area contributed by atoms with Gasteiger partial charge in [-0.25, -0.2) is 9.78 Å². The Balaban J connectivity index is 2.00. The summed E-state index contributed by atoms with van der Waals surface area (Å²) in [7, 11) is 1.64. The maximum Gasteiger partial charge on any atom is 0.413 e. The molecule has 0 spiro atoms. The van der Waals surface area contributed by atoms with Crippen LogP contribution >= 0.6 is 11.6 Å². The second-order valence-electron chi connectivity index (χ2n) is 6.70. The van der Waals surface area contributed by atoms with Gasteiger partial charge in [0, 0.05) is 24.8 Å². The Bertz CT molecular complexity index is 743. The number of halogens is 1. The summed E-state index contributed by atoms with van der Waals surface area (Å²) in [5.41, 5.74) is 1.22. The molecule has 0 fully saturated rings. The minimum absolute atomic E-state index is 0.383. The second-order valence-corrected chi connectivity index (χ2v) is 7.11. The Hall–Kier alpha value is -2.31. The number of hydrogen-bond donors (Lipinski definition) is 2. The second kappa shape index (κ2) is 8.87. The van der Waals surface area contributed by atoms with Crippen molar-refractivity contribution in [3.63, 3.8) is 0 Å². The van der Waals surface area contributed by atoms with Crippen molar-refractivity contribution in [2.24, 2.45) is 0 Å². The summed E-state index contributed by atoms with van der Waals surface area (Å²) in [4.78, 5) is 16.2. The number of nitrogens with zero attached hydrogens (tertiary/aromatic N) is 1. The van der Waals surface area contributed by atoms with Crippen molar-refractivity contribution in [3.8, 4) is 5.75 Å². The molecule has 0 unspecified atom stereocenters. The molecule has 0 saturated heterocycles. The van der Waals surface area contributed by atoms with Crippen molar-refractivity contribution in [1.82, 2.24) is 10.3 Å². The molecule has 7 heteroatoms. The number of pyridine rings is 1. The molecule has 1 heterocycles. The number of benzene rings is 1. The zero-order valence-corrected chi connectivity index (χ0v) is 16.2. The molecule has 1 aromatic carbocycles. The number of aromatic nitrogens is 1. The van der Waals surface area contributed by atoms with Crippen molar-refractivity contribution >= 4 is 23.5 Å². The van der Waals surface area contributed by atoms with Crippen LogP contribution in [0.1, 0.15) is 31.9 Å². The topological polar surface area (TPSA) is 72.5 Å². The van der Waals surface area contributed by atoms with Crippen molar-refractivity contribution in [1.29, 1.82) is 0 Å². The first-order valence-corrected chi connectivity index (χ1v) is 8.63. The molecule has 6 nitrogen and oxygen atoms in total. The van der Waals surface area contributed by atoms with Gasteiger partial charge in [0.2, 0.25) is 0 Å². The zero-order valence-electron chi connectivity index (χ0n) is 15.4. The number of ether oxygens (including phenoxy) is 2. The highest BCUT2D eigenvalue weighted by atomic mass is 35.5. The number of methoxy groups -OCH3 is 1. The van der Waals surface area contributed by atoms with Crippen molar-refractivity contribution in [3.05, 3.63) is 52.7 Å². The van der Waals surface area contributed by atoms with E-state index in [4.69, 9.17) is 21.1 Å². The van der Waals surface area contributed by atoms with Crippen LogP contribution in [0.25, 0.3) is 0 Å². The predicted octanol–water partition coefficient (Wildman–Crippen LogP) is 4.38. The SMILES string of the molecule is COc1ccc(CNCc2c(Cl)ccnc2NC(=O)OC(C)(C)C)cc1. The molecule has 2 N–H and O–H groups in total. The minimum Gasteiger partial charge on any atom is -0.497 e. The predicted molar refractivity (Wildman–Crippen MR) is 103 cm³/mol. The van der Waals surface area contributed by atoms with Gasteiger partial charge < -0.3 is 14.8 Å². The fraction of sp³-hybridized carbons (Fsp3) is 0.368. The summed E-state index contributed by atoms with van der Waals surface area (Å²) >= 11 is 6.28.